The van der Waals surface area contributed by atoms with Crippen LogP contribution in [0.1, 0.15) is 17.5 Å². The van der Waals surface area contributed by atoms with Crippen LogP contribution < -0.4 is 10.6 Å². The van der Waals surface area contributed by atoms with E-state index in [4.69, 9.17) is 12.2 Å². The van der Waals surface area contributed by atoms with Crippen molar-refractivity contribution in [2.75, 3.05) is 32.5 Å². The predicted molar refractivity (Wildman–Crippen MR) is 83.3 cm³/mol. The van der Waals surface area contributed by atoms with Crippen LogP contribution in [-0.4, -0.2) is 37.2 Å². The Kier molecular flexibility index (Phi) is 6.09. The molecule has 1 aromatic rings. The number of thiocarbonyl (C=S) groups is 1. The van der Waals surface area contributed by atoms with Crippen molar-refractivity contribution in [3.05, 3.63) is 29.3 Å². The Morgan fingerprint density at radius 2 is 2.00 bits per heavy atom. The van der Waals surface area contributed by atoms with E-state index >= 15 is 0 Å². The Morgan fingerprint density at radius 1 is 1.28 bits per heavy atom. The van der Waals surface area contributed by atoms with Gasteiger partial charge < -0.3 is 15.5 Å². The summed E-state index contributed by atoms with van der Waals surface area (Å²) in [5, 5.41) is 7.15. The molecule has 0 amide bonds. The lowest BCUT2D eigenvalue weighted by molar-refractivity contribution is 0.400. The number of rotatable bonds is 5. The van der Waals surface area contributed by atoms with Crippen LogP contribution in [0.5, 0.6) is 0 Å². The molecule has 0 fully saturated rings. The van der Waals surface area contributed by atoms with Crippen molar-refractivity contribution >= 4 is 23.0 Å². The highest BCUT2D eigenvalue weighted by Gasteiger charge is 2.01. The van der Waals surface area contributed by atoms with Gasteiger partial charge >= 0.3 is 0 Å². The summed E-state index contributed by atoms with van der Waals surface area (Å²) in [7, 11) is 4.15. The number of aryl methyl sites for hydroxylation is 2. The van der Waals surface area contributed by atoms with Crippen molar-refractivity contribution < 1.29 is 0 Å². The summed E-state index contributed by atoms with van der Waals surface area (Å²) in [6, 6.07) is 6.31. The van der Waals surface area contributed by atoms with Gasteiger partial charge in [0, 0.05) is 12.2 Å². The van der Waals surface area contributed by atoms with Gasteiger partial charge in [-0.15, -0.1) is 0 Å². The first-order valence-electron chi connectivity index (χ1n) is 6.26. The molecule has 0 heterocycles. The normalized spacial score (nSPS) is 10.5. The molecule has 0 aromatic heterocycles. The van der Waals surface area contributed by atoms with Gasteiger partial charge in [-0.05, 0) is 64.8 Å². The van der Waals surface area contributed by atoms with Gasteiger partial charge in [0.15, 0.2) is 5.11 Å². The largest absolute Gasteiger partial charge is 0.362 e. The average Bonchev–Trinajstić information content (AvgIpc) is 2.28. The fourth-order valence-electron chi connectivity index (χ4n) is 1.72. The summed E-state index contributed by atoms with van der Waals surface area (Å²) in [6.07, 6.45) is 1.09. The van der Waals surface area contributed by atoms with Gasteiger partial charge in [0.2, 0.25) is 0 Å². The summed E-state index contributed by atoms with van der Waals surface area (Å²) >= 11 is 5.27. The van der Waals surface area contributed by atoms with E-state index < -0.39 is 0 Å². The molecular formula is C14H23N3S. The number of benzene rings is 1. The maximum Gasteiger partial charge on any atom is 0.170 e. The molecule has 2 N–H and O–H groups in total. The van der Waals surface area contributed by atoms with Crippen molar-refractivity contribution in [2.24, 2.45) is 0 Å². The summed E-state index contributed by atoms with van der Waals surface area (Å²) in [5.41, 5.74) is 3.56. The van der Waals surface area contributed by atoms with E-state index in [0.29, 0.717) is 5.11 Å². The SMILES string of the molecule is Cc1ccc(NC(=S)NCCCN(C)C)c(C)c1. The van der Waals surface area contributed by atoms with Crippen LogP contribution in [0, 0.1) is 13.8 Å². The van der Waals surface area contributed by atoms with Crippen molar-refractivity contribution in [3.63, 3.8) is 0 Å². The van der Waals surface area contributed by atoms with Crippen molar-refractivity contribution in [1.29, 1.82) is 0 Å². The Hall–Kier alpha value is -1.13. The second-order valence-electron chi connectivity index (χ2n) is 4.86. The first kappa shape index (κ1) is 14.9. The van der Waals surface area contributed by atoms with Gasteiger partial charge in [0.05, 0.1) is 0 Å². The van der Waals surface area contributed by atoms with E-state index in [0.717, 1.165) is 25.2 Å². The minimum absolute atomic E-state index is 0.695. The quantitative estimate of drug-likeness (QED) is 0.632. The van der Waals surface area contributed by atoms with Gasteiger partial charge in [-0.2, -0.15) is 0 Å². The second-order valence-corrected chi connectivity index (χ2v) is 5.26. The van der Waals surface area contributed by atoms with E-state index in [1.165, 1.54) is 11.1 Å². The molecule has 0 radical (unpaired) electrons. The Morgan fingerprint density at radius 3 is 2.61 bits per heavy atom. The predicted octanol–water partition coefficient (Wildman–Crippen LogP) is 2.54. The molecule has 1 rings (SSSR count). The van der Waals surface area contributed by atoms with Crippen LogP contribution in [0.4, 0.5) is 5.69 Å². The second kappa shape index (κ2) is 7.34. The molecule has 1 aromatic carbocycles. The molecule has 3 nitrogen and oxygen atoms in total. The fraction of sp³-hybridized carbons (Fsp3) is 0.500. The van der Waals surface area contributed by atoms with E-state index in [-0.39, 0.29) is 0 Å². The van der Waals surface area contributed by atoms with Crippen LogP contribution >= 0.6 is 12.2 Å². The monoisotopic (exact) mass is 265 g/mol. The first-order valence-corrected chi connectivity index (χ1v) is 6.66. The number of nitrogens with one attached hydrogen (secondary N) is 2. The molecule has 4 heteroatoms. The third kappa shape index (κ3) is 5.47. The Bertz CT molecular complexity index is 402. The van der Waals surface area contributed by atoms with Crippen molar-refractivity contribution in [2.45, 2.75) is 20.3 Å². The highest BCUT2D eigenvalue weighted by atomic mass is 32.1. The minimum Gasteiger partial charge on any atom is -0.362 e. The van der Waals surface area contributed by atoms with Gasteiger partial charge in [-0.1, -0.05) is 17.7 Å². The molecule has 0 aliphatic heterocycles. The molecule has 0 atom stereocenters. The molecule has 100 valence electrons. The fourth-order valence-corrected chi connectivity index (χ4v) is 1.93. The maximum absolute atomic E-state index is 5.27. The standard InChI is InChI=1S/C14H23N3S/c1-11-6-7-13(12(2)10-11)16-14(18)15-8-5-9-17(3)4/h6-7,10H,5,8-9H2,1-4H3,(H2,15,16,18). The van der Waals surface area contributed by atoms with Crippen LogP contribution in [0.3, 0.4) is 0 Å². The van der Waals surface area contributed by atoms with Gasteiger partial charge in [-0.3, -0.25) is 0 Å². The zero-order valence-electron chi connectivity index (χ0n) is 11.7. The number of nitrogens with zero attached hydrogens (tertiary/aromatic N) is 1. The highest BCUT2D eigenvalue weighted by Crippen LogP contribution is 2.15. The zero-order valence-corrected chi connectivity index (χ0v) is 12.5. The van der Waals surface area contributed by atoms with Crippen LogP contribution in [0.2, 0.25) is 0 Å². The van der Waals surface area contributed by atoms with E-state index in [1.54, 1.807) is 0 Å². The average molecular weight is 265 g/mol. The van der Waals surface area contributed by atoms with Crippen LogP contribution in [0.25, 0.3) is 0 Å². The number of anilines is 1. The maximum atomic E-state index is 5.27. The van der Waals surface area contributed by atoms with E-state index in [9.17, 15) is 0 Å². The topological polar surface area (TPSA) is 27.3 Å². The lowest BCUT2D eigenvalue weighted by Gasteiger charge is -2.14. The molecule has 18 heavy (non-hydrogen) atoms. The molecule has 0 spiro atoms. The van der Waals surface area contributed by atoms with Crippen molar-refractivity contribution in [3.8, 4) is 0 Å². The number of hydrogen-bond acceptors (Lipinski definition) is 2. The van der Waals surface area contributed by atoms with Crippen molar-refractivity contribution in [1.82, 2.24) is 10.2 Å². The first-order chi connectivity index (χ1) is 8.49. The molecule has 0 bridgehead atoms. The van der Waals surface area contributed by atoms with Gasteiger partial charge in [0.1, 0.15) is 0 Å². The molecule has 0 aliphatic rings. The third-order valence-electron chi connectivity index (χ3n) is 2.70. The Labute approximate surface area is 116 Å². The lowest BCUT2D eigenvalue weighted by Crippen LogP contribution is -2.31. The van der Waals surface area contributed by atoms with E-state index in [2.05, 4.69) is 61.7 Å². The lowest BCUT2D eigenvalue weighted by atomic mass is 10.1. The van der Waals surface area contributed by atoms with Gasteiger partial charge in [0.25, 0.3) is 0 Å². The molecule has 0 saturated carbocycles. The molecule has 0 aliphatic carbocycles. The summed E-state index contributed by atoms with van der Waals surface area (Å²) < 4.78 is 0. The smallest absolute Gasteiger partial charge is 0.170 e. The Balaban J connectivity index is 2.35. The minimum atomic E-state index is 0.695. The molecule has 0 saturated heterocycles. The summed E-state index contributed by atoms with van der Waals surface area (Å²) in [6.45, 7) is 6.15. The molecular weight excluding hydrogens is 242 g/mol. The molecule has 0 unspecified atom stereocenters. The van der Waals surface area contributed by atoms with E-state index in [1.807, 2.05) is 0 Å². The summed E-state index contributed by atoms with van der Waals surface area (Å²) in [4.78, 5) is 2.17. The van der Waals surface area contributed by atoms with Gasteiger partial charge in [-0.25, -0.2) is 0 Å². The highest BCUT2D eigenvalue weighted by molar-refractivity contribution is 7.80. The number of hydrogen-bond donors (Lipinski definition) is 2. The summed E-state index contributed by atoms with van der Waals surface area (Å²) in [5.74, 6) is 0. The zero-order chi connectivity index (χ0) is 13.5. The van der Waals surface area contributed by atoms with Crippen LogP contribution in [-0.2, 0) is 0 Å². The third-order valence-corrected chi connectivity index (χ3v) is 2.94. The van der Waals surface area contributed by atoms with Crippen LogP contribution in [0.15, 0.2) is 18.2 Å².